The summed E-state index contributed by atoms with van der Waals surface area (Å²) in [7, 11) is 0. The fraction of sp³-hybridized carbons (Fsp3) is 0.692. The monoisotopic (exact) mass is 236 g/mol. The largest absolute Gasteiger partial charge is 0.331 e. The Balaban J connectivity index is 2.43. The molecule has 1 aliphatic carbocycles. The van der Waals surface area contributed by atoms with Crippen LogP contribution in [0.4, 0.5) is 4.79 Å². The first-order chi connectivity index (χ1) is 7.80. The van der Waals surface area contributed by atoms with Crippen LogP contribution in [-0.4, -0.2) is 17.9 Å². The summed E-state index contributed by atoms with van der Waals surface area (Å²) >= 11 is 0. The van der Waals surface area contributed by atoms with Crippen molar-refractivity contribution >= 4 is 11.8 Å². The Morgan fingerprint density at radius 3 is 2.47 bits per heavy atom. The summed E-state index contributed by atoms with van der Waals surface area (Å²) in [4.78, 5) is 23.8. The van der Waals surface area contributed by atoms with Crippen LogP contribution in [0, 0.1) is 11.3 Å². The van der Waals surface area contributed by atoms with Gasteiger partial charge < -0.3 is 10.6 Å². The van der Waals surface area contributed by atoms with E-state index in [9.17, 15) is 9.59 Å². The summed E-state index contributed by atoms with van der Waals surface area (Å²) in [6.45, 7) is 8.17. The highest BCUT2D eigenvalue weighted by Gasteiger charge is 2.40. The van der Waals surface area contributed by atoms with Gasteiger partial charge in [-0.1, -0.05) is 27.7 Å². The molecule has 2 amide bonds. The Morgan fingerprint density at radius 2 is 1.88 bits per heavy atom. The SMILES string of the molecule is CC(C)[C@@H]1NC(=O)NC2=C1C(=O)CC(C)(C)C2. The maximum atomic E-state index is 12.2. The van der Waals surface area contributed by atoms with E-state index >= 15 is 0 Å². The lowest BCUT2D eigenvalue weighted by atomic mass is 9.72. The van der Waals surface area contributed by atoms with E-state index in [2.05, 4.69) is 24.5 Å². The van der Waals surface area contributed by atoms with E-state index in [1.807, 2.05) is 13.8 Å². The lowest BCUT2D eigenvalue weighted by molar-refractivity contribution is -0.118. The first-order valence-corrected chi connectivity index (χ1v) is 6.14. The highest BCUT2D eigenvalue weighted by atomic mass is 16.2. The van der Waals surface area contributed by atoms with Crippen LogP contribution in [0.3, 0.4) is 0 Å². The second kappa shape index (κ2) is 3.86. The number of urea groups is 1. The molecule has 2 N–H and O–H groups in total. The highest BCUT2D eigenvalue weighted by Crippen LogP contribution is 2.38. The third-order valence-corrected chi connectivity index (χ3v) is 3.45. The second-order valence-electron chi connectivity index (χ2n) is 6.15. The zero-order valence-electron chi connectivity index (χ0n) is 10.9. The van der Waals surface area contributed by atoms with Crippen LogP contribution >= 0.6 is 0 Å². The highest BCUT2D eigenvalue weighted by molar-refractivity contribution is 6.01. The molecule has 0 saturated carbocycles. The predicted octanol–water partition coefficient (Wildman–Crippen LogP) is 1.97. The smallest absolute Gasteiger partial charge is 0.319 e. The predicted molar refractivity (Wildman–Crippen MR) is 65.3 cm³/mol. The molecule has 94 valence electrons. The van der Waals surface area contributed by atoms with Crippen LogP contribution in [0.25, 0.3) is 0 Å². The van der Waals surface area contributed by atoms with Gasteiger partial charge in [-0.15, -0.1) is 0 Å². The molecule has 0 fully saturated rings. The van der Waals surface area contributed by atoms with E-state index in [1.165, 1.54) is 0 Å². The van der Waals surface area contributed by atoms with Crippen molar-refractivity contribution in [2.24, 2.45) is 11.3 Å². The normalized spacial score (nSPS) is 27.7. The first kappa shape index (κ1) is 12.1. The van der Waals surface area contributed by atoms with Gasteiger partial charge in [0.2, 0.25) is 0 Å². The van der Waals surface area contributed by atoms with E-state index in [0.29, 0.717) is 6.42 Å². The van der Waals surface area contributed by atoms with E-state index in [4.69, 9.17) is 0 Å². The van der Waals surface area contributed by atoms with Gasteiger partial charge in [-0.3, -0.25) is 4.79 Å². The quantitative estimate of drug-likeness (QED) is 0.731. The van der Waals surface area contributed by atoms with Crippen LogP contribution in [-0.2, 0) is 4.79 Å². The number of carbonyl (C=O) groups excluding carboxylic acids is 2. The minimum Gasteiger partial charge on any atom is -0.331 e. The fourth-order valence-electron chi connectivity index (χ4n) is 2.69. The number of amides is 2. The molecular weight excluding hydrogens is 216 g/mol. The molecule has 4 nitrogen and oxygen atoms in total. The van der Waals surface area contributed by atoms with Crippen molar-refractivity contribution in [3.63, 3.8) is 0 Å². The molecule has 1 heterocycles. The Bertz CT molecular complexity index is 408. The van der Waals surface area contributed by atoms with Crippen LogP contribution in [0.2, 0.25) is 0 Å². The zero-order valence-corrected chi connectivity index (χ0v) is 10.9. The Morgan fingerprint density at radius 1 is 1.24 bits per heavy atom. The van der Waals surface area contributed by atoms with E-state index in [-0.39, 0.29) is 29.2 Å². The van der Waals surface area contributed by atoms with Crippen molar-refractivity contribution in [2.75, 3.05) is 0 Å². The van der Waals surface area contributed by atoms with Gasteiger partial charge in [0.15, 0.2) is 5.78 Å². The number of allylic oxidation sites excluding steroid dienone is 1. The minimum absolute atomic E-state index is 0.0535. The van der Waals surface area contributed by atoms with Gasteiger partial charge in [-0.05, 0) is 17.8 Å². The summed E-state index contributed by atoms with van der Waals surface area (Å²) in [6.07, 6.45) is 1.33. The summed E-state index contributed by atoms with van der Waals surface area (Å²) in [5.41, 5.74) is 1.56. The van der Waals surface area contributed by atoms with Gasteiger partial charge in [-0.2, -0.15) is 0 Å². The molecule has 0 saturated heterocycles. The van der Waals surface area contributed by atoms with E-state index in [1.54, 1.807) is 0 Å². The number of hydrogen-bond donors (Lipinski definition) is 2. The standard InChI is InChI=1S/C13H20N2O2/c1-7(2)11-10-8(14-12(17)15-11)5-13(3,4)6-9(10)16/h7,11H,5-6H2,1-4H3,(H2,14,15,17)/t11-/m0/s1. The molecule has 1 aliphatic heterocycles. The first-order valence-electron chi connectivity index (χ1n) is 6.14. The number of rotatable bonds is 1. The molecule has 4 heteroatoms. The van der Waals surface area contributed by atoms with Gasteiger partial charge in [0.1, 0.15) is 0 Å². The Kier molecular flexibility index (Phi) is 2.76. The van der Waals surface area contributed by atoms with Gasteiger partial charge in [0.25, 0.3) is 0 Å². The molecule has 1 atom stereocenters. The summed E-state index contributed by atoms with van der Waals surface area (Å²) < 4.78 is 0. The van der Waals surface area contributed by atoms with Crippen LogP contribution in [0.15, 0.2) is 11.3 Å². The minimum atomic E-state index is -0.187. The summed E-state index contributed by atoms with van der Waals surface area (Å²) in [5, 5.41) is 5.64. The van der Waals surface area contributed by atoms with Crippen LogP contribution in [0.1, 0.15) is 40.5 Å². The van der Waals surface area contributed by atoms with Gasteiger partial charge in [0, 0.05) is 17.7 Å². The molecule has 0 spiro atoms. The molecule has 0 aromatic heterocycles. The molecule has 17 heavy (non-hydrogen) atoms. The number of nitrogens with one attached hydrogen (secondary N) is 2. The molecular formula is C13H20N2O2. The topological polar surface area (TPSA) is 58.2 Å². The molecule has 0 radical (unpaired) electrons. The van der Waals surface area contributed by atoms with Crippen molar-refractivity contribution in [3.05, 3.63) is 11.3 Å². The van der Waals surface area contributed by atoms with Gasteiger partial charge in [0.05, 0.1) is 6.04 Å². The number of Topliss-reactive ketones (excluding diaryl/α,β-unsaturated/α-hetero) is 1. The maximum absolute atomic E-state index is 12.2. The summed E-state index contributed by atoms with van der Waals surface area (Å²) in [5.74, 6) is 0.402. The average Bonchev–Trinajstić information content (AvgIpc) is 2.12. The lowest BCUT2D eigenvalue weighted by Gasteiger charge is -2.39. The zero-order chi connectivity index (χ0) is 12.8. The Hall–Kier alpha value is -1.32. The van der Waals surface area contributed by atoms with E-state index < -0.39 is 0 Å². The molecule has 2 rings (SSSR count). The van der Waals surface area contributed by atoms with Crippen molar-refractivity contribution in [1.29, 1.82) is 0 Å². The van der Waals surface area contributed by atoms with Crippen molar-refractivity contribution in [1.82, 2.24) is 10.6 Å². The molecule has 2 aliphatic rings. The third-order valence-electron chi connectivity index (χ3n) is 3.45. The molecule has 0 aromatic carbocycles. The van der Waals surface area contributed by atoms with Gasteiger partial charge in [-0.25, -0.2) is 4.79 Å². The molecule has 0 bridgehead atoms. The maximum Gasteiger partial charge on any atom is 0.319 e. The van der Waals surface area contributed by atoms with Gasteiger partial charge >= 0.3 is 6.03 Å². The van der Waals surface area contributed by atoms with E-state index in [0.717, 1.165) is 17.7 Å². The number of ketones is 1. The average molecular weight is 236 g/mol. The number of carbonyl (C=O) groups is 2. The fourth-order valence-corrected chi connectivity index (χ4v) is 2.69. The Labute approximate surface area is 102 Å². The summed E-state index contributed by atoms with van der Waals surface area (Å²) in [6, 6.07) is -0.324. The lowest BCUT2D eigenvalue weighted by Crippen LogP contribution is -2.54. The molecule has 0 unspecified atom stereocenters. The number of hydrogen-bond acceptors (Lipinski definition) is 2. The third kappa shape index (κ3) is 2.21. The van der Waals surface area contributed by atoms with Crippen LogP contribution < -0.4 is 10.6 Å². The van der Waals surface area contributed by atoms with Crippen LogP contribution in [0.5, 0.6) is 0 Å². The van der Waals surface area contributed by atoms with Crippen molar-refractivity contribution in [3.8, 4) is 0 Å². The van der Waals surface area contributed by atoms with Crippen molar-refractivity contribution < 1.29 is 9.59 Å². The second-order valence-corrected chi connectivity index (χ2v) is 6.15. The molecule has 0 aromatic rings. The van der Waals surface area contributed by atoms with Crippen molar-refractivity contribution in [2.45, 2.75) is 46.6 Å².